The maximum absolute atomic E-state index is 13.5. The number of amides is 3. The SMILES string of the molecule is CCN(C1=C(c2ccc(NC(C)=O)cc2)C(=O)N(Cc2ccco2)C1=O)c1ccccc1. The van der Waals surface area contributed by atoms with Crippen LogP contribution in [-0.4, -0.2) is 29.2 Å². The molecule has 7 nitrogen and oxygen atoms in total. The molecule has 1 aliphatic rings. The largest absolute Gasteiger partial charge is 0.467 e. The summed E-state index contributed by atoms with van der Waals surface area (Å²) in [6, 6.07) is 19.8. The molecule has 2 heterocycles. The lowest BCUT2D eigenvalue weighted by atomic mass is 10.0. The van der Waals surface area contributed by atoms with Crippen molar-refractivity contribution < 1.29 is 18.8 Å². The zero-order valence-corrected chi connectivity index (χ0v) is 17.9. The molecule has 2 aromatic carbocycles. The maximum atomic E-state index is 13.5. The lowest BCUT2D eigenvalue weighted by molar-refractivity contribution is -0.137. The summed E-state index contributed by atoms with van der Waals surface area (Å²) in [5.41, 5.74) is 2.68. The van der Waals surface area contributed by atoms with E-state index < -0.39 is 0 Å². The lowest BCUT2D eigenvalue weighted by Gasteiger charge is -2.24. The third-order valence-electron chi connectivity index (χ3n) is 5.19. The fraction of sp³-hybridized carbons (Fsp3) is 0.160. The van der Waals surface area contributed by atoms with Gasteiger partial charge in [0.25, 0.3) is 11.8 Å². The van der Waals surface area contributed by atoms with Crippen molar-refractivity contribution in [3.05, 3.63) is 90.0 Å². The molecule has 1 aromatic heterocycles. The Morgan fingerprint density at radius 2 is 1.69 bits per heavy atom. The van der Waals surface area contributed by atoms with Crippen molar-refractivity contribution in [3.8, 4) is 0 Å². The number of hydrogen-bond acceptors (Lipinski definition) is 5. The van der Waals surface area contributed by atoms with Gasteiger partial charge in [-0.05, 0) is 48.9 Å². The van der Waals surface area contributed by atoms with E-state index in [4.69, 9.17) is 4.42 Å². The Bertz CT molecular complexity index is 1170. The Kier molecular flexibility index (Phi) is 5.89. The van der Waals surface area contributed by atoms with Crippen molar-refractivity contribution >= 4 is 34.7 Å². The molecule has 0 fully saturated rings. The van der Waals surface area contributed by atoms with Gasteiger partial charge in [-0.15, -0.1) is 0 Å². The van der Waals surface area contributed by atoms with Crippen LogP contribution >= 0.6 is 0 Å². The van der Waals surface area contributed by atoms with Crippen LogP contribution < -0.4 is 10.2 Å². The monoisotopic (exact) mass is 429 g/mol. The molecule has 0 saturated heterocycles. The molecule has 0 radical (unpaired) electrons. The van der Waals surface area contributed by atoms with E-state index in [1.54, 1.807) is 36.4 Å². The third kappa shape index (κ3) is 4.05. The quantitative estimate of drug-likeness (QED) is 0.573. The average molecular weight is 429 g/mol. The van der Waals surface area contributed by atoms with Crippen molar-refractivity contribution in [3.63, 3.8) is 0 Å². The van der Waals surface area contributed by atoms with Crippen molar-refractivity contribution in [2.45, 2.75) is 20.4 Å². The van der Waals surface area contributed by atoms with Crippen LogP contribution in [0.25, 0.3) is 5.57 Å². The first kappa shape index (κ1) is 21.1. The minimum absolute atomic E-state index is 0.0496. The number of imide groups is 1. The first-order valence-electron chi connectivity index (χ1n) is 10.3. The fourth-order valence-corrected chi connectivity index (χ4v) is 3.78. The Morgan fingerprint density at radius 1 is 0.969 bits per heavy atom. The summed E-state index contributed by atoms with van der Waals surface area (Å²) in [5.74, 6) is -0.423. The summed E-state index contributed by atoms with van der Waals surface area (Å²) in [4.78, 5) is 41.4. The molecule has 0 saturated carbocycles. The number of carbonyl (C=O) groups excluding carboxylic acids is 3. The number of para-hydroxylation sites is 1. The molecular formula is C25H23N3O4. The Morgan fingerprint density at radius 3 is 2.28 bits per heavy atom. The summed E-state index contributed by atoms with van der Waals surface area (Å²) in [7, 11) is 0. The Balaban J connectivity index is 1.80. The standard InChI is InChI=1S/C25H23N3O4/c1-3-27(20-8-5-4-6-9-20)23-22(18-11-13-19(14-12-18)26-17(2)29)24(30)28(25(23)31)16-21-10-7-15-32-21/h4-15H,3,16H2,1-2H3,(H,26,29). The molecule has 162 valence electrons. The number of nitrogens with one attached hydrogen (secondary N) is 1. The van der Waals surface area contributed by atoms with Gasteiger partial charge in [0.15, 0.2) is 0 Å². The highest BCUT2D eigenvalue weighted by molar-refractivity contribution is 6.36. The van der Waals surface area contributed by atoms with E-state index in [1.807, 2.05) is 42.2 Å². The second-order valence-electron chi connectivity index (χ2n) is 7.34. The van der Waals surface area contributed by atoms with Crippen LogP contribution in [0.4, 0.5) is 11.4 Å². The molecule has 7 heteroatoms. The number of carbonyl (C=O) groups is 3. The predicted octanol–water partition coefficient (Wildman–Crippen LogP) is 4.04. The smallest absolute Gasteiger partial charge is 0.278 e. The second-order valence-corrected chi connectivity index (χ2v) is 7.34. The number of rotatable bonds is 7. The van der Waals surface area contributed by atoms with E-state index in [0.29, 0.717) is 34.8 Å². The highest BCUT2D eigenvalue weighted by Gasteiger charge is 2.42. The number of nitrogens with zero attached hydrogens (tertiary/aromatic N) is 2. The van der Waals surface area contributed by atoms with E-state index in [-0.39, 0.29) is 24.3 Å². The van der Waals surface area contributed by atoms with Crippen molar-refractivity contribution in [2.75, 3.05) is 16.8 Å². The summed E-state index contributed by atoms with van der Waals surface area (Å²) in [5, 5.41) is 2.71. The average Bonchev–Trinajstić information content (AvgIpc) is 3.38. The van der Waals surface area contributed by atoms with E-state index in [9.17, 15) is 14.4 Å². The Hall–Kier alpha value is -4.13. The van der Waals surface area contributed by atoms with Gasteiger partial charge in [-0.2, -0.15) is 0 Å². The van der Waals surface area contributed by atoms with Crippen LogP contribution in [0, 0.1) is 0 Å². The number of hydrogen-bond donors (Lipinski definition) is 1. The van der Waals surface area contributed by atoms with Crippen LogP contribution in [0.3, 0.4) is 0 Å². The van der Waals surface area contributed by atoms with Gasteiger partial charge in [0.05, 0.1) is 18.4 Å². The first-order chi connectivity index (χ1) is 15.5. The van der Waals surface area contributed by atoms with E-state index in [2.05, 4.69) is 5.32 Å². The highest BCUT2D eigenvalue weighted by Crippen LogP contribution is 2.35. The zero-order chi connectivity index (χ0) is 22.7. The number of benzene rings is 2. The lowest BCUT2D eigenvalue weighted by Crippen LogP contribution is -2.34. The van der Waals surface area contributed by atoms with Crippen molar-refractivity contribution in [2.24, 2.45) is 0 Å². The third-order valence-corrected chi connectivity index (χ3v) is 5.19. The first-order valence-corrected chi connectivity index (χ1v) is 10.3. The van der Waals surface area contributed by atoms with Gasteiger partial charge >= 0.3 is 0 Å². The molecule has 32 heavy (non-hydrogen) atoms. The molecule has 0 spiro atoms. The highest BCUT2D eigenvalue weighted by atomic mass is 16.3. The predicted molar refractivity (Wildman–Crippen MR) is 121 cm³/mol. The molecule has 0 bridgehead atoms. The maximum Gasteiger partial charge on any atom is 0.278 e. The molecule has 3 aromatic rings. The summed E-state index contributed by atoms with van der Waals surface area (Å²) >= 11 is 0. The van der Waals surface area contributed by atoms with Crippen LogP contribution in [0.5, 0.6) is 0 Å². The summed E-state index contributed by atoms with van der Waals surface area (Å²) in [6.07, 6.45) is 1.51. The molecule has 0 aliphatic carbocycles. The van der Waals surface area contributed by atoms with Gasteiger partial charge in [-0.1, -0.05) is 30.3 Å². The molecule has 3 amide bonds. The molecular weight excluding hydrogens is 406 g/mol. The molecule has 0 atom stereocenters. The molecule has 4 rings (SSSR count). The van der Waals surface area contributed by atoms with Crippen LogP contribution in [0.1, 0.15) is 25.2 Å². The summed E-state index contributed by atoms with van der Waals surface area (Å²) in [6.45, 7) is 3.91. The van der Waals surface area contributed by atoms with Crippen molar-refractivity contribution in [1.82, 2.24) is 4.90 Å². The van der Waals surface area contributed by atoms with Crippen LogP contribution in [0.2, 0.25) is 0 Å². The van der Waals surface area contributed by atoms with Gasteiger partial charge < -0.3 is 14.6 Å². The van der Waals surface area contributed by atoms with Gasteiger partial charge in [0, 0.05) is 24.8 Å². The molecule has 1 N–H and O–H groups in total. The van der Waals surface area contributed by atoms with E-state index >= 15 is 0 Å². The van der Waals surface area contributed by atoms with Crippen molar-refractivity contribution in [1.29, 1.82) is 0 Å². The van der Waals surface area contributed by atoms with Gasteiger partial charge in [-0.25, -0.2) is 0 Å². The minimum Gasteiger partial charge on any atom is -0.467 e. The van der Waals surface area contributed by atoms with Crippen LogP contribution in [0.15, 0.2) is 83.1 Å². The molecule has 1 aliphatic heterocycles. The second kappa shape index (κ2) is 8.93. The van der Waals surface area contributed by atoms with Gasteiger partial charge in [0.1, 0.15) is 11.5 Å². The van der Waals surface area contributed by atoms with Gasteiger partial charge in [0.2, 0.25) is 5.91 Å². The van der Waals surface area contributed by atoms with Crippen LogP contribution in [-0.2, 0) is 20.9 Å². The van der Waals surface area contributed by atoms with E-state index in [1.165, 1.54) is 18.1 Å². The minimum atomic E-state index is -0.386. The fourth-order valence-electron chi connectivity index (χ4n) is 3.78. The topological polar surface area (TPSA) is 82.9 Å². The number of likely N-dealkylation sites (N-methyl/N-ethyl adjacent to an activating group) is 1. The number of furan rings is 1. The van der Waals surface area contributed by atoms with E-state index in [0.717, 1.165) is 5.69 Å². The number of anilines is 2. The van der Waals surface area contributed by atoms with Gasteiger partial charge in [-0.3, -0.25) is 19.3 Å². The summed E-state index contributed by atoms with van der Waals surface area (Å²) < 4.78 is 5.37. The zero-order valence-electron chi connectivity index (χ0n) is 17.9. The normalized spacial score (nSPS) is 13.6. The Labute approximate surface area is 185 Å². The molecule has 0 unspecified atom stereocenters.